The van der Waals surface area contributed by atoms with Crippen molar-refractivity contribution in [3.8, 4) is 5.75 Å². The van der Waals surface area contributed by atoms with E-state index in [1.165, 1.54) is 0 Å². The van der Waals surface area contributed by atoms with Crippen LogP contribution in [-0.2, 0) is 11.3 Å². The van der Waals surface area contributed by atoms with E-state index in [4.69, 9.17) is 4.74 Å². The number of imidazole rings is 1. The Morgan fingerprint density at radius 1 is 1.24 bits per heavy atom. The Labute approximate surface area is 150 Å². The predicted octanol–water partition coefficient (Wildman–Crippen LogP) is 3.32. The topological polar surface area (TPSA) is 47.4 Å². The molecule has 1 fully saturated rings. The molecule has 1 aliphatic heterocycles. The van der Waals surface area contributed by atoms with Crippen molar-refractivity contribution in [1.82, 2.24) is 14.5 Å². The monoisotopic (exact) mass is 353 g/mol. The molecule has 1 saturated heterocycles. The Kier molecular flexibility index (Phi) is 4.36. The summed E-state index contributed by atoms with van der Waals surface area (Å²) in [4.78, 5) is 19.2. The lowest BCUT2D eigenvalue weighted by Crippen LogP contribution is -2.33. The first-order valence-electron chi connectivity index (χ1n) is 8.21. The summed E-state index contributed by atoms with van der Waals surface area (Å²) >= 11 is 1.80. The first-order valence-corrected chi connectivity index (χ1v) is 9.26. The number of hydrogen-bond acceptors (Lipinski definition) is 4. The van der Waals surface area contributed by atoms with Gasteiger partial charge in [-0.25, -0.2) is 4.98 Å². The summed E-state index contributed by atoms with van der Waals surface area (Å²) in [5.41, 5.74) is 3.04. The number of carbonyl (C=O) groups is 1. The Balaban J connectivity index is 1.54. The summed E-state index contributed by atoms with van der Waals surface area (Å²) in [5.74, 6) is 1.90. The molecule has 0 spiro atoms. The number of fused-ring (bicyclic) bond motifs is 1. The first kappa shape index (κ1) is 16.0. The Morgan fingerprint density at radius 2 is 2.04 bits per heavy atom. The zero-order valence-corrected chi connectivity index (χ0v) is 14.8. The average molecular weight is 353 g/mol. The van der Waals surface area contributed by atoms with Gasteiger partial charge in [0.05, 0.1) is 24.5 Å². The zero-order chi connectivity index (χ0) is 17.2. The number of nitrogens with zero attached hydrogens (tertiary/aromatic N) is 3. The Hall–Kier alpha value is -2.47. The second kappa shape index (κ2) is 6.80. The van der Waals surface area contributed by atoms with Gasteiger partial charge in [-0.05, 0) is 29.8 Å². The fourth-order valence-electron chi connectivity index (χ4n) is 3.14. The van der Waals surface area contributed by atoms with E-state index in [1.54, 1.807) is 25.2 Å². The van der Waals surface area contributed by atoms with Gasteiger partial charge in [-0.15, -0.1) is 11.8 Å². The quantitative estimate of drug-likeness (QED) is 0.722. The fourth-order valence-corrected chi connectivity index (χ4v) is 4.42. The molecular weight excluding hydrogens is 334 g/mol. The van der Waals surface area contributed by atoms with E-state index in [1.807, 2.05) is 58.0 Å². The number of hydrogen-bond donors (Lipinski definition) is 0. The molecule has 5 nitrogen and oxygen atoms in total. The minimum absolute atomic E-state index is 0.0631. The number of para-hydroxylation sites is 2. The van der Waals surface area contributed by atoms with Crippen LogP contribution < -0.4 is 4.74 Å². The molecule has 1 amide bonds. The van der Waals surface area contributed by atoms with Crippen LogP contribution in [0, 0.1) is 0 Å². The summed E-state index contributed by atoms with van der Waals surface area (Å²) in [6.45, 7) is 1.08. The van der Waals surface area contributed by atoms with Crippen molar-refractivity contribution >= 4 is 28.7 Å². The molecule has 1 aliphatic rings. The molecule has 3 aromatic rings. The van der Waals surface area contributed by atoms with Crippen molar-refractivity contribution in [3.05, 3.63) is 60.4 Å². The number of rotatable bonds is 4. The zero-order valence-electron chi connectivity index (χ0n) is 14.0. The molecule has 0 bridgehead atoms. The van der Waals surface area contributed by atoms with E-state index < -0.39 is 0 Å². The summed E-state index contributed by atoms with van der Waals surface area (Å²) in [7, 11) is 1.66. The van der Waals surface area contributed by atoms with E-state index in [0.29, 0.717) is 6.54 Å². The maximum atomic E-state index is 12.9. The lowest BCUT2D eigenvalue weighted by Gasteiger charge is -2.24. The van der Waals surface area contributed by atoms with E-state index in [9.17, 15) is 4.79 Å². The highest BCUT2D eigenvalue weighted by Gasteiger charge is 2.30. The third kappa shape index (κ3) is 3.09. The van der Waals surface area contributed by atoms with E-state index in [2.05, 4.69) is 4.98 Å². The third-order valence-corrected chi connectivity index (χ3v) is 5.71. The number of thioether (sulfide) groups is 1. The molecule has 1 atom stereocenters. The molecule has 128 valence electrons. The molecule has 2 aromatic carbocycles. The molecule has 1 aromatic heterocycles. The van der Waals surface area contributed by atoms with Crippen LogP contribution in [0.3, 0.4) is 0 Å². The summed E-state index contributed by atoms with van der Waals surface area (Å²) in [5, 5.41) is 0.0631. The first-order chi connectivity index (χ1) is 12.3. The van der Waals surface area contributed by atoms with Gasteiger partial charge in [-0.1, -0.05) is 24.3 Å². The predicted molar refractivity (Wildman–Crippen MR) is 99.6 cm³/mol. The Bertz CT molecular complexity index is 891. The van der Waals surface area contributed by atoms with Crippen molar-refractivity contribution in [2.75, 3.05) is 19.4 Å². The van der Waals surface area contributed by atoms with Gasteiger partial charge in [0.15, 0.2) is 0 Å². The van der Waals surface area contributed by atoms with E-state index in [-0.39, 0.29) is 11.3 Å². The van der Waals surface area contributed by atoms with E-state index >= 15 is 0 Å². The van der Waals surface area contributed by atoms with Crippen LogP contribution in [-0.4, -0.2) is 39.8 Å². The Morgan fingerprint density at radius 3 is 2.84 bits per heavy atom. The highest BCUT2D eigenvalue weighted by molar-refractivity contribution is 7.99. The van der Waals surface area contributed by atoms with E-state index in [0.717, 1.165) is 34.6 Å². The van der Waals surface area contributed by atoms with Gasteiger partial charge >= 0.3 is 0 Å². The molecule has 1 unspecified atom stereocenters. The third-order valence-electron chi connectivity index (χ3n) is 4.45. The second-order valence-corrected chi connectivity index (χ2v) is 7.13. The molecule has 25 heavy (non-hydrogen) atoms. The molecule has 6 heteroatoms. The molecule has 0 N–H and O–H groups in total. The van der Waals surface area contributed by atoms with Crippen LogP contribution in [0.2, 0.25) is 0 Å². The molecule has 0 saturated carbocycles. The maximum absolute atomic E-state index is 12.9. The van der Waals surface area contributed by atoms with Crippen molar-refractivity contribution in [1.29, 1.82) is 0 Å². The van der Waals surface area contributed by atoms with Crippen molar-refractivity contribution in [2.45, 2.75) is 11.9 Å². The standard InChI is InChI=1S/C19H19N3O2S/c1-24-15-8-6-14(7-9-15)19-22(10-11-25-19)18(23)12-21-13-20-16-4-2-3-5-17(16)21/h2-9,13,19H,10-12H2,1H3. The highest BCUT2D eigenvalue weighted by atomic mass is 32.2. The highest BCUT2D eigenvalue weighted by Crippen LogP contribution is 2.38. The van der Waals surface area contributed by atoms with Crippen LogP contribution >= 0.6 is 11.8 Å². The summed E-state index contributed by atoms with van der Waals surface area (Å²) in [6.07, 6.45) is 1.74. The van der Waals surface area contributed by atoms with Gasteiger partial charge in [0.2, 0.25) is 5.91 Å². The van der Waals surface area contributed by atoms with Crippen LogP contribution in [0.25, 0.3) is 11.0 Å². The SMILES string of the molecule is COc1ccc(C2SCCN2C(=O)Cn2cnc3ccccc32)cc1. The molecule has 4 rings (SSSR count). The van der Waals surface area contributed by atoms with Crippen LogP contribution in [0.1, 0.15) is 10.9 Å². The van der Waals surface area contributed by atoms with Crippen molar-refractivity contribution < 1.29 is 9.53 Å². The van der Waals surface area contributed by atoms with Gasteiger partial charge in [-0.2, -0.15) is 0 Å². The summed E-state index contributed by atoms with van der Waals surface area (Å²) in [6, 6.07) is 15.8. The lowest BCUT2D eigenvalue weighted by atomic mass is 10.2. The number of amides is 1. The van der Waals surface area contributed by atoms with Gasteiger partial charge in [-0.3, -0.25) is 4.79 Å². The number of methoxy groups -OCH3 is 1. The minimum atomic E-state index is 0.0631. The normalized spacial score (nSPS) is 17.2. The van der Waals surface area contributed by atoms with Crippen LogP contribution in [0.4, 0.5) is 0 Å². The van der Waals surface area contributed by atoms with Crippen LogP contribution in [0.15, 0.2) is 54.9 Å². The van der Waals surface area contributed by atoms with Gasteiger partial charge in [0, 0.05) is 12.3 Å². The molecular formula is C19H19N3O2S. The van der Waals surface area contributed by atoms with Gasteiger partial charge in [0.1, 0.15) is 17.7 Å². The largest absolute Gasteiger partial charge is 0.497 e. The van der Waals surface area contributed by atoms with Gasteiger partial charge in [0.25, 0.3) is 0 Å². The van der Waals surface area contributed by atoms with Crippen molar-refractivity contribution in [3.63, 3.8) is 0 Å². The minimum Gasteiger partial charge on any atom is -0.497 e. The maximum Gasteiger partial charge on any atom is 0.243 e. The number of aromatic nitrogens is 2. The molecule has 2 heterocycles. The average Bonchev–Trinajstić information content (AvgIpc) is 3.29. The number of ether oxygens (including phenoxy) is 1. The van der Waals surface area contributed by atoms with Crippen LogP contribution in [0.5, 0.6) is 5.75 Å². The number of benzene rings is 2. The fraction of sp³-hybridized carbons (Fsp3) is 0.263. The van der Waals surface area contributed by atoms with Crippen molar-refractivity contribution in [2.24, 2.45) is 0 Å². The smallest absolute Gasteiger partial charge is 0.243 e. The second-order valence-electron chi connectivity index (χ2n) is 5.94. The molecule has 0 radical (unpaired) electrons. The summed E-state index contributed by atoms with van der Waals surface area (Å²) < 4.78 is 7.14. The molecule has 0 aliphatic carbocycles. The number of carbonyl (C=O) groups excluding carboxylic acids is 1. The van der Waals surface area contributed by atoms with Gasteiger partial charge < -0.3 is 14.2 Å². The lowest BCUT2D eigenvalue weighted by molar-refractivity contribution is -0.131.